The van der Waals surface area contributed by atoms with Crippen LogP contribution in [0.15, 0.2) is 24.3 Å². The number of nitrogens with zero attached hydrogens (tertiary/aromatic N) is 1. The number of amides is 2. The van der Waals surface area contributed by atoms with Gasteiger partial charge in [0.25, 0.3) is 0 Å². The van der Waals surface area contributed by atoms with E-state index >= 15 is 0 Å². The van der Waals surface area contributed by atoms with E-state index in [-0.39, 0.29) is 5.82 Å². The standard InChI is InChI=1S/C15H18FN3O/c1-11-6-8-15(10-17,9-7-11)19-14(20)18-13-4-2-12(16)3-5-13/h2-5,11H,6-9H2,1H3,(H2,18,19,20). The molecule has 0 radical (unpaired) electrons. The quantitative estimate of drug-likeness (QED) is 0.868. The summed E-state index contributed by atoms with van der Waals surface area (Å²) in [5, 5.41) is 14.7. The van der Waals surface area contributed by atoms with Crippen LogP contribution in [0.3, 0.4) is 0 Å². The molecular weight excluding hydrogens is 257 g/mol. The first kappa shape index (κ1) is 14.3. The van der Waals surface area contributed by atoms with Crippen LogP contribution in [-0.2, 0) is 0 Å². The van der Waals surface area contributed by atoms with Crippen LogP contribution in [-0.4, -0.2) is 11.6 Å². The largest absolute Gasteiger partial charge is 0.320 e. The number of halogens is 1. The molecule has 4 nitrogen and oxygen atoms in total. The molecule has 0 bridgehead atoms. The molecule has 20 heavy (non-hydrogen) atoms. The van der Waals surface area contributed by atoms with E-state index in [1.165, 1.54) is 24.3 Å². The first-order valence-corrected chi connectivity index (χ1v) is 6.79. The van der Waals surface area contributed by atoms with Crippen LogP contribution in [0.25, 0.3) is 0 Å². The lowest BCUT2D eigenvalue weighted by Crippen LogP contribution is -2.51. The Morgan fingerprint density at radius 3 is 2.50 bits per heavy atom. The fourth-order valence-electron chi connectivity index (χ4n) is 2.43. The molecule has 1 fully saturated rings. The van der Waals surface area contributed by atoms with E-state index in [2.05, 4.69) is 23.6 Å². The van der Waals surface area contributed by atoms with Crippen molar-refractivity contribution in [3.8, 4) is 6.07 Å². The first-order chi connectivity index (χ1) is 9.53. The zero-order valence-electron chi connectivity index (χ0n) is 11.4. The molecule has 1 aromatic rings. The maximum Gasteiger partial charge on any atom is 0.320 e. The van der Waals surface area contributed by atoms with Gasteiger partial charge >= 0.3 is 6.03 Å². The van der Waals surface area contributed by atoms with Crippen LogP contribution in [0.5, 0.6) is 0 Å². The van der Waals surface area contributed by atoms with Gasteiger partial charge in [0.1, 0.15) is 11.4 Å². The van der Waals surface area contributed by atoms with Crippen molar-refractivity contribution in [3.63, 3.8) is 0 Å². The van der Waals surface area contributed by atoms with Gasteiger partial charge in [0.2, 0.25) is 0 Å². The molecule has 0 heterocycles. The van der Waals surface area contributed by atoms with Crippen molar-refractivity contribution in [1.29, 1.82) is 5.26 Å². The predicted octanol–water partition coefficient (Wildman–Crippen LogP) is 3.42. The minimum absolute atomic E-state index is 0.356. The van der Waals surface area contributed by atoms with E-state index in [0.717, 1.165) is 12.8 Å². The van der Waals surface area contributed by atoms with E-state index in [0.29, 0.717) is 24.4 Å². The summed E-state index contributed by atoms with van der Waals surface area (Å²) in [5.41, 5.74) is -0.280. The zero-order valence-corrected chi connectivity index (χ0v) is 11.4. The number of nitriles is 1. The van der Waals surface area contributed by atoms with Gasteiger partial charge in [-0.3, -0.25) is 0 Å². The Hall–Kier alpha value is -2.09. The molecular formula is C15H18FN3O. The molecule has 0 aliphatic heterocycles. The highest BCUT2D eigenvalue weighted by atomic mass is 19.1. The van der Waals surface area contributed by atoms with Crippen molar-refractivity contribution in [3.05, 3.63) is 30.1 Å². The number of benzene rings is 1. The third-order valence-electron chi connectivity index (χ3n) is 3.80. The number of nitrogens with one attached hydrogen (secondary N) is 2. The zero-order chi connectivity index (χ0) is 14.6. The molecule has 1 aromatic carbocycles. The van der Waals surface area contributed by atoms with Gasteiger partial charge in [-0.2, -0.15) is 5.26 Å². The Balaban J connectivity index is 1.96. The highest BCUT2D eigenvalue weighted by Crippen LogP contribution is 2.31. The number of urea groups is 1. The van der Waals surface area contributed by atoms with Gasteiger partial charge in [-0.15, -0.1) is 0 Å². The van der Waals surface area contributed by atoms with Crippen molar-refractivity contribution in [1.82, 2.24) is 5.32 Å². The summed E-state index contributed by atoms with van der Waals surface area (Å²) in [5.74, 6) is 0.240. The number of rotatable bonds is 2. The molecule has 0 spiro atoms. The number of hydrogen-bond acceptors (Lipinski definition) is 2. The van der Waals surface area contributed by atoms with E-state index in [1.54, 1.807) is 0 Å². The monoisotopic (exact) mass is 275 g/mol. The molecule has 0 unspecified atom stereocenters. The average molecular weight is 275 g/mol. The summed E-state index contributed by atoms with van der Waals surface area (Å²) in [7, 11) is 0. The summed E-state index contributed by atoms with van der Waals surface area (Å²) >= 11 is 0. The lowest BCUT2D eigenvalue weighted by molar-refractivity contribution is 0.222. The molecule has 2 rings (SSSR count). The number of anilines is 1. The lowest BCUT2D eigenvalue weighted by Gasteiger charge is -2.34. The second-order valence-electron chi connectivity index (χ2n) is 5.46. The SMILES string of the molecule is CC1CCC(C#N)(NC(=O)Nc2ccc(F)cc2)CC1. The van der Waals surface area contributed by atoms with E-state index in [9.17, 15) is 14.4 Å². The van der Waals surface area contributed by atoms with Crippen molar-refractivity contribution < 1.29 is 9.18 Å². The van der Waals surface area contributed by atoms with Crippen LogP contribution in [0.1, 0.15) is 32.6 Å². The molecule has 0 atom stereocenters. The van der Waals surface area contributed by atoms with Crippen molar-refractivity contribution in [2.75, 3.05) is 5.32 Å². The number of hydrogen-bond donors (Lipinski definition) is 2. The molecule has 2 amide bonds. The molecule has 1 aliphatic rings. The highest BCUT2D eigenvalue weighted by molar-refractivity contribution is 5.90. The maximum absolute atomic E-state index is 12.8. The van der Waals surface area contributed by atoms with Crippen molar-refractivity contribution in [2.24, 2.45) is 5.92 Å². The Kier molecular flexibility index (Phi) is 4.23. The van der Waals surface area contributed by atoms with Gasteiger partial charge in [-0.05, 0) is 55.9 Å². The fourth-order valence-corrected chi connectivity index (χ4v) is 2.43. The molecule has 106 valence electrons. The minimum atomic E-state index is -0.781. The van der Waals surface area contributed by atoms with Gasteiger partial charge in [0, 0.05) is 5.69 Å². The van der Waals surface area contributed by atoms with Crippen LogP contribution in [0, 0.1) is 23.1 Å². The molecule has 5 heteroatoms. The third kappa shape index (κ3) is 3.47. The number of carbonyl (C=O) groups is 1. The second kappa shape index (κ2) is 5.91. The predicted molar refractivity (Wildman–Crippen MR) is 74.5 cm³/mol. The van der Waals surface area contributed by atoms with Gasteiger partial charge in [-0.1, -0.05) is 6.92 Å². The van der Waals surface area contributed by atoms with Crippen LogP contribution in [0.2, 0.25) is 0 Å². The molecule has 1 saturated carbocycles. The highest BCUT2D eigenvalue weighted by Gasteiger charge is 2.35. The van der Waals surface area contributed by atoms with Crippen LogP contribution < -0.4 is 10.6 Å². The normalized spacial score (nSPS) is 25.6. The van der Waals surface area contributed by atoms with Gasteiger partial charge in [0.15, 0.2) is 0 Å². The maximum atomic E-state index is 12.8. The molecule has 2 N–H and O–H groups in total. The lowest BCUT2D eigenvalue weighted by atomic mass is 9.78. The fraction of sp³-hybridized carbons (Fsp3) is 0.467. The molecule has 0 saturated heterocycles. The minimum Gasteiger partial charge on any atom is -0.319 e. The van der Waals surface area contributed by atoms with E-state index in [4.69, 9.17) is 0 Å². The van der Waals surface area contributed by atoms with E-state index < -0.39 is 11.6 Å². The molecule has 1 aliphatic carbocycles. The second-order valence-corrected chi connectivity index (χ2v) is 5.46. The number of carbonyl (C=O) groups excluding carboxylic acids is 1. The summed E-state index contributed by atoms with van der Waals surface area (Å²) in [6, 6.07) is 7.33. The molecule has 0 aromatic heterocycles. The third-order valence-corrected chi connectivity index (χ3v) is 3.80. The van der Waals surface area contributed by atoms with Gasteiger partial charge in [-0.25, -0.2) is 9.18 Å². The smallest absolute Gasteiger partial charge is 0.319 e. The van der Waals surface area contributed by atoms with Crippen LogP contribution >= 0.6 is 0 Å². The van der Waals surface area contributed by atoms with E-state index in [1.807, 2.05) is 0 Å². The van der Waals surface area contributed by atoms with Crippen molar-refractivity contribution >= 4 is 11.7 Å². The van der Waals surface area contributed by atoms with Crippen molar-refractivity contribution in [2.45, 2.75) is 38.1 Å². The summed E-state index contributed by atoms with van der Waals surface area (Å²) in [6.45, 7) is 2.15. The van der Waals surface area contributed by atoms with Gasteiger partial charge < -0.3 is 10.6 Å². The summed E-state index contributed by atoms with van der Waals surface area (Å²) < 4.78 is 12.8. The van der Waals surface area contributed by atoms with Crippen LogP contribution in [0.4, 0.5) is 14.9 Å². The summed E-state index contributed by atoms with van der Waals surface area (Å²) in [4.78, 5) is 11.9. The first-order valence-electron chi connectivity index (χ1n) is 6.79. The Bertz CT molecular complexity index is 513. The summed E-state index contributed by atoms with van der Waals surface area (Å²) in [6.07, 6.45) is 3.21. The Morgan fingerprint density at radius 1 is 1.35 bits per heavy atom. The topological polar surface area (TPSA) is 64.9 Å². The Morgan fingerprint density at radius 2 is 1.95 bits per heavy atom. The van der Waals surface area contributed by atoms with Gasteiger partial charge in [0.05, 0.1) is 6.07 Å². The Labute approximate surface area is 118 Å². The average Bonchev–Trinajstić information content (AvgIpc) is 2.44.